The van der Waals surface area contributed by atoms with Crippen molar-refractivity contribution in [2.75, 3.05) is 6.79 Å². The molecule has 0 saturated heterocycles. The van der Waals surface area contributed by atoms with E-state index in [-0.39, 0.29) is 6.79 Å². The van der Waals surface area contributed by atoms with Crippen LogP contribution in [0.3, 0.4) is 0 Å². The highest BCUT2D eigenvalue weighted by atomic mass is 127. The molecule has 2 heterocycles. The van der Waals surface area contributed by atoms with Crippen LogP contribution in [0.25, 0.3) is 21.5 Å². The molecule has 4 rings (SSSR count). The molecule has 124 valence electrons. The van der Waals surface area contributed by atoms with Gasteiger partial charge in [0.05, 0.1) is 0 Å². The van der Waals surface area contributed by atoms with E-state index in [4.69, 9.17) is 9.47 Å². The van der Waals surface area contributed by atoms with Crippen molar-refractivity contribution in [2.45, 2.75) is 0 Å². The molecule has 0 spiro atoms. The first-order valence-corrected chi connectivity index (χ1v) is 9.70. The number of ether oxygens (including phenoxy) is 2. The molecule has 0 unspecified atom stereocenters. The molecule has 0 bridgehead atoms. The Kier molecular flexibility index (Phi) is 4.89. The maximum Gasteiger partial charge on any atom is 0.230 e. The molecule has 0 aliphatic rings. The minimum Gasteiger partial charge on any atom is -0.457 e. The zero-order valence-corrected chi connectivity index (χ0v) is 17.3. The smallest absolute Gasteiger partial charge is 0.230 e. The van der Waals surface area contributed by atoms with E-state index in [1.807, 2.05) is 60.9 Å². The molecule has 6 heteroatoms. The van der Waals surface area contributed by atoms with Gasteiger partial charge in [-0.05, 0) is 92.4 Å². The first-order chi connectivity index (χ1) is 12.2. The number of hydrogen-bond donors (Lipinski definition) is 0. The monoisotopic (exact) mass is 554 g/mol. The molecular formula is C19H12I2N2O2. The lowest BCUT2D eigenvalue weighted by molar-refractivity contribution is 0.120. The molecule has 0 aliphatic heterocycles. The summed E-state index contributed by atoms with van der Waals surface area (Å²) >= 11 is 4.46. The number of fused-ring (bicyclic) bond motifs is 2. The van der Waals surface area contributed by atoms with E-state index in [0.717, 1.165) is 40.4 Å². The molecule has 25 heavy (non-hydrogen) atoms. The fraction of sp³-hybridized carbons (Fsp3) is 0.0526. The third-order valence-electron chi connectivity index (χ3n) is 3.83. The molecule has 4 nitrogen and oxygen atoms in total. The molecule has 0 amide bonds. The Labute approximate surface area is 171 Å². The standard InChI is InChI=1S/C19H12I2N2O2/c20-18-16-9-14(3-1-12(16)5-7-22-18)24-11-25-15-4-2-13-6-8-23-19(21)17(13)10-15/h1-10H,11H2. The number of halogens is 2. The summed E-state index contributed by atoms with van der Waals surface area (Å²) in [6.07, 6.45) is 3.62. The highest BCUT2D eigenvalue weighted by molar-refractivity contribution is 14.1. The molecule has 0 fully saturated rings. The van der Waals surface area contributed by atoms with Gasteiger partial charge in [-0.15, -0.1) is 0 Å². The van der Waals surface area contributed by atoms with Crippen LogP contribution in [0.1, 0.15) is 0 Å². The highest BCUT2D eigenvalue weighted by Gasteiger charge is 2.04. The fourth-order valence-electron chi connectivity index (χ4n) is 2.57. The largest absolute Gasteiger partial charge is 0.457 e. The van der Waals surface area contributed by atoms with E-state index in [1.165, 1.54) is 0 Å². The van der Waals surface area contributed by atoms with Gasteiger partial charge in [0, 0.05) is 23.2 Å². The van der Waals surface area contributed by atoms with Crippen molar-refractivity contribution >= 4 is 66.7 Å². The van der Waals surface area contributed by atoms with E-state index in [0.29, 0.717) is 0 Å². The third kappa shape index (κ3) is 3.64. The Morgan fingerprint density at radius 2 is 1.16 bits per heavy atom. The van der Waals surface area contributed by atoms with Crippen molar-refractivity contribution in [1.82, 2.24) is 9.97 Å². The molecular weight excluding hydrogens is 542 g/mol. The van der Waals surface area contributed by atoms with Crippen LogP contribution in [0.5, 0.6) is 11.5 Å². The second kappa shape index (κ2) is 7.28. The number of benzene rings is 2. The predicted octanol–water partition coefficient (Wildman–Crippen LogP) is 5.41. The molecule has 2 aromatic heterocycles. The minimum absolute atomic E-state index is 0.144. The van der Waals surface area contributed by atoms with Gasteiger partial charge in [-0.3, -0.25) is 0 Å². The maximum absolute atomic E-state index is 5.74. The lowest BCUT2D eigenvalue weighted by atomic mass is 10.2. The van der Waals surface area contributed by atoms with Crippen LogP contribution < -0.4 is 9.47 Å². The van der Waals surface area contributed by atoms with Crippen molar-refractivity contribution < 1.29 is 9.47 Å². The topological polar surface area (TPSA) is 44.2 Å². The molecule has 2 aromatic carbocycles. The summed E-state index contributed by atoms with van der Waals surface area (Å²) in [6.45, 7) is 0.144. The number of aromatic nitrogens is 2. The molecule has 4 aromatic rings. The van der Waals surface area contributed by atoms with Gasteiger partial charge in [-0.25, -0.2) is 9.97 Å². The Morgan fingerprint density at radius 3 is 1.64 bits per heavy atom. The summed E-state index contributed by atoms with van der Waals surface area (Å²) in [7, 11) is 0. The predicted molar refractivity (Wildman–Crippen MR) is 115 cm³/mol. The Balaban J connectivity index is 1.49. The van der Waals surface area contributed by atoms with Gasteiger partial charge < -0.3 is 9.47 Å². The second-order valence-corrected chi connectivity index (χ2v) is 7.42. The van der Waals surface area contributed by atoms with Crippen LogP contribution in [-0.4, -0.2) is 16.8 Å². The van der Waals surface area contributed by atoms with Crippen molar-refractivity contribution in [3.8, 4) is 11.5 Å². The van der Waals surface area contributed by atoms with Crippen LogP contribution in [0.4, 0.5) is 0 Å². The Bertz CT molecular complexity index is 984. The zero-order chi connectivity index (χ0) is 17.2. The number of nitrogens with zero attached hydrogens (tertiary/aromatic N) is 2. The number of rotatable bonds is 4. The van der Waals surface area contributed by atoms with Gasteiger partial charge in [0.15, 0.2) is 0 Å². The summed E-state index contributed by atoms with van der Waals surface area (Å²) < 4.78 is 13.4. The van der Waals surface area contributed by atoms with Gasteiger partial charge in [-0.2, -0.15) is 0 Å². The van der Waals surface area contributed by atoms with Crippen LogP contribution in [0.2, 0.25) is 0 Å². The van der Waals surface area contributed by atoms with Crippen LogP contribution in [-0.2, 0) is 0 Å². The number of hydrogen-bond acceptors (Lipinski definition) is 4. The average molecular weight is 554 g/mol. The van der Waals surface area contributed by atoms with E-state index >= 15 is 0 Å². The molecule has 0 aliphatic carbocycles. The van der Waals surface area contributed by atoms with Gasteiger partial charge in [0.1, 0.15) is 18.9 Å². The first kappa shape index (κ1) is 16.8. The highest BCUT2D eigenvalue weighted by Crippen LogP contribution is 2.25. The first-order valence-electron chi connectivity index (χ1n) is 7.55. The maximum atomic E-state index is 5.74. The summed E-state index contributed by atoms with van der Waals surface area (Å²) in [5, 5.41) is 4.44. The average Bonchev–Trinajstić information content (AvgIpc) is 2.63. The second-order valence-electron chi connectivity index (χ2n) is 5.38. The Morgan fingerprint density at radius 1 is 0.680 bits per heavy atom. The van der Waals surface area contributed by atoms with Gasteiger partial charge in [-0.1, -0.05) is 12.1 Å². The minimum atomic E-state index is 0.144. The normalized spacial score (nSPS) is 11.0. The van der Waals surface area contributed by atoms with Gasteiger partial charge >= 0.3 is 0 Å². The number of pyridine rings is 2. The zero-order valence-electron chi connectivity index (χ0n) is 12.9. The third-order valence-corrected chi connectivity index (χ3v) is 5.55. The molecule has 0 atom stereocenters. The summed E-state index contributed by atoms with van der Waals surface area (Å²) in [4.78, 5) is 8.61. The van der Waals surface area contributed by atoms with Gasteiger partial charge in [0.2, 0.25) is 6.79 Å². The lowest BCUT2D eigenvalue weighted by Gasteiger charge is -2.10. The van der Waals surface area contributed by atoms with E-state index in [1.54, 1.807) is 0 Å². The van der Waals surface area contributed by atoms with Crippen LogP contribution >= 0.6 is 45.2 Å². The van der Waals surface area contributed by atoms with E-state index < -0.39 is 0 Å². The Hall–Kier alpha value is -1.68. The van der Waals surface area contributed by atoms with Crippen molar-refractivity contribution in [3.63, 3.8) is 0 Å². The van der Waals surface area contributed by atoms with Crippen molar-refractivity contribution in [3.05, 3.63) is 68.3 Å². The molecule has 0 N–H and O–H groups in total. The van der Waals surface area contributed by atoms with Gasteiger partial charge in [0.25, 0.3) is 0 Å². The summed E-state index contributed by atoms with van der Waals surface area (Å²) in [6, 6.07) is 15.9. The summed E-state index contributed by atoms with van der Waals surface area (Å²) in [5.74, 6) is 1.52. The lowest BCUT2D eigenvalue weighted by Crippen LogP contribution is -2.05. The van der Waals surface area contributed by atoms with E-state index in [2.05, 4.69) is 55.1 Å². The van der Waals surface area contributed by atoms with E-state index in [9.17, 15) is 0 Å². The van der Waals surface area contributed by atoms with Crippen LogP contribution in [0.15, 0.2) is 60.9 Å². The quantitative estimate of drug-likeness (QED) is 0.193. The summed E-state index contributed by atoms with van der Waals surface area (Å²) in [5.41, 5.74) is 0. The fourth-order valence-corrected chi connectivity index (χ4v) is 3.82. The molecule has 0 saturated carbocycles. The van der Waals surface area contributed by atoms with Crippen molar-refractivity contribution in [2.24, 2.45) is 0 Å². The van der Waals surface area contributed by atoms with Crippen molar-refractivity contribution in [1.29, 1.82) is 0 Å². The van der Waals surface area contributed by atoms with Crippen LogP contribution in [0, 0.1) is 7.40 Å². The SMILES string of the molecule is Ic1nccc2ccc(OCOc3ccc4ccnc(I)c4c3)cc12. The molecule has 0 radical (unpaired) electrons.